The van der Waals surface area contributed by atoms with E-state index in [1.807, 2.05) is 11.9 Å². The minimum absolute atomic E-state index is 0.376. The van der Waals surface area contributed by atoms with Crippen molar-refractivity contribution in [3.63, 3.8) is 0 Å². The third-order valence-electron chi connectivity index (χ3n) is 3.07. The zero-order chi connectivity index (χ0) is 14.4. The molecule has 0 amide bonds. The molecule has 5 nitrogen and oxygen atoms in total. The summed E-state index contributed by atoms with van der Waals surface area (Å²) in [7, 11) is 3.61. The van der Waals surface area contributed by atoms with E-state index in [4.69, 9.17) is 22.7 Å². The summed E-state index contributed by atoms with van der Waals surface area (Å²) >= 11 is 5.19. The Morgan fingerprint density at radius 2 is 2.00 bits per heavy atom. The van der Waals surface area contributed by atoms with Crippen LogP contribution < -0.4 is 10.6 Å². The topological polar surface area (TPSA) is 64.3 Å². The Balaban J connectivity index is 3.27. The van der Waals surface area contributed by atoms with Gasteiger partial charge in [0, 0.05) is 20.7 Å². The van der Waals surface area contributed by atoms with Crippen LogP contribution in [0.3, 0.4) is 0 Å². The van der Waals surface area contributed by atoms with Crippen molar-refractivity contribution in [2.45, 2.75) is 26.7 Å². The van der Waals surface area contributed by atoms with E-state index >= 15 is 0 Å². The fourth-order valence-electron chi connectivity index (χ4n) is 2.02. The summed E-state index contributed by atoms with van der Waals surface area (Å²) in [6.45, 7) is 5.47. The maximum Gasteiger partial charge on any atom is 0.161 e. The highest BCUT2D eigenvalue weighted by Crippen LogP contribution is 2.23. The number of thiocarbonyl (C=S) groups is 1. The predicted molar refractivity (Wildman–Crippen MR) is 81.8 cm³/mol. The van der Waals surface area contributed by atoms with Crippen molar-refractivity contribution < 1.29 is 4.74 Å². The first kappa shape index (κ1) is 15.8. The molecule has 2 N–H and O–H groups in total. The van der Waals surface area contributed by atoms with Gasteiger partial charge in [-0.05, 0) is 18.4 Å². The number of likely N-dealkylation sites (N-methyl/N-ethyl adjacent to an activating group) is 1. The van der Waals surface area contributed by atoms with Crippen molar-refractivity contribution in [3.05, 3.63) is 16.8 Å². The molecule has 0 bridgehead atoms. The molecule has 1 aromatic heterocycles. The molecule has 6 heteroatoms. The van der Waals surface area contributed by atoms with Gasteiger partial charge in [0.15, 0.2) is 5.82 Å². The number of hydrogen-bond donors (Lipinski definition) is 1. The van der Waals surface area contributed by atoms with Crippen molar-refractivity contribution in [3.8, 4) is 0 Å². The van der Waals surface area contributed by atoms with Crippen molar-refractivity contribution in [2.24, 2.45) is 5.73 Å². The van der Waals surface area contributed by atoms with E-state index in [1.54, 1.807) is 7.11 Å². The molecule has 19 heavy (non-hydrogen) atoms. The second-order valence-corrected chi connectivity index (χ2v) is 4.75. The lowest BCUT2D eigenvalue weighted by atomic mass is 10.0. The minimum atomic E-state index is 0.376. The quantitative estimate of drug-likeness (QED) is 0.761. The van der Waals surface area contributed by atoms with Gasteiger partial charge in [0.25, 0.3) is 0 Å². The highest BCUT2D eigenvalue weighted by atomic mass is 32.1. The van der Waals surface area contributed by atoms with Gasteiger partial charge in [0.2, 0.25) is 0 Å². The van der Waals surface area contributed by atoms with E-state index in [1.165, 1.54) is 0 Å². The molecule has 0 aromatic carbocycles. The van der Waals surface area contributed by atoms with Crippen LogP contribution in [0.25, 0.3) is 0 Å². The Bertz CT molecular complexity index is 451. The summed E-state index contributed by atoms with van der Waals surface area (Å²) in [6.07, 6.45) is 1.67. The Labute approximate surface area is 120 Å². The first-order valence-corrected chi connectivity index (χ1v) is 6.85. The molecule has 1 rings (SSSR count). The summed E-state index contributed by atoms with van der Waals surface area (Å²) in [6, 6.07) is 0. The van der Waals surface area contributed by atoms with Gasteiger partial charge in [-0.1, -0.05) is 26.1 Å². The monoisotopic (exact) mass is 282 g/mol. The largest absolute Gasteiger partial charge is 0.389 e. The first-order chi connectivity index (χ1) is 9.06. The zero-order valence-corrected chi connectivity index (χ0v) is 12.9. The van der Waals surface area contributed by atoms with Gasteiger partial charge >= 0.3 is 0 Å². The summed E-state index contributed by atoms with van der Waals surface area (Å²) in [5, 5.41) is 8.58. The average molecular weight is 282 g/mol. The SMILES string of the molecule is CCc1nnc(N(C)CCOC)c(C(N)=S)c1CC. The van der Waals surface area contributed by atoms with Gasteiger partial charge in [-0.15, -0.1) is 5.10 Å². The predicted octanol–water partition coefficient (Wildman–Crippen LogP) is 1.32. The van der Waals surface area contributed by atoms with Gasteiger partial charge in [0.1, 0.15) is 4.99 Å². The molecular weight excluding hydrogens is 260 g/mol. The Morgan fingerprint density at radius 1 is 1.32 bits per heavy atom. The number of aryl methyl sites for hydroxylation is 1. The van der Waals surface area contributed by atoms with Gasteiger partial charge in [-0.3, -0.25) is 0 Å². The molecule has 0 aliphatic rings. The molecule has 0 aliphatic heterocycles. The number of anilines is 1. The fraction of sp³-hybridized carbons (Fsp3) is 0.615. The van der Waals surface area contributed by atoms with E-state index in [0.717, 1.165) is 42.0 Å². The lowest BCUT2D eigenvalue weighted by Gasteiger charge is -2.22. The van der Waals surface area contributed by atoms with Crippen LogP contribution in [0.5, 0.6) is 0 Å². The molecule has 1 aromatic rings. The molecule has 0 saturated heterocycles. The number of nitrogens with zero attached hydrogens (tertiary/aromatic N) is 3. The lowest BCUT2D eigenvalue weighted by molar-refractivity contribution is 0.206. The van der Waals surface area contributed by atoms with Crippen LogP contribution in [0.15, 0.2) is 0 Å². The minimum Gasteiger partial charge on any atom is -0.389 e. The molecule has 0 atom stereocenters. The number of rotatable bonds is 7. The number of ether oxygens (including phenoxy) is 1. The van der Waals surface area contributed by atoms with Crippen LogP contribution in [0.2, 0.25) is 0 Å². The standard InChI is InChI=1S/C13H22N4OS/c1-5-9-10(6-2)15-16-13(11(9)12(14)19)17(3)7-8-18-4/h5-8H2,1-4H3,(H2,14,19). The van der Waals surface area contributed by atoms with Crippen molar-refractivity contribution in [2.75, 3.05) is 32.2 Å². The highest BCUT2D eigenvalue weighted by Gasteiger charge is 2.19. The zero-order valence-electron chi connectivity index (χ0n) is 12.1. The van der Waals surface area contributed by atoms with Gasteiger partial charge in [-0.25, -0.2) is 0 Å². The van der Waals surface area contributed by atoms with E-state index in [2.05, 4.69) is 24.0 Å². The second-order valence-electron chi connectivity index (χ2n) is 4.31. The number of methoxy groups -OCH3 is 1. The summed E-state index contributed by atoms with van der Waals surface area (Å²) in [5.41, 5.74) is 8.80. The fourth-order valence-corrected chi connectivity index (χ4v) is 2.24. The number of hydrogen-bond acceptors (Lipinski definition) is 5. The Morgan fingerprint density at radius 3 is 2.47 bits per heavy atom. The number of nitrogens with two attached hydrogens (primary N) is 1. The lowest BCUT2D eigenvalue weighted by Crippen LogP contribution is -2.28. The number of aromatic nitrogens is 2. The molecule has 0 aliphatic carbocycles. The average Bonchev–Trinajstić information content (AvgIpc) is 2.42. The maximum atomic E-state index is 5.89. The first-order valence-electron chi connectivity index (χ1n) is 6.45. The molecular formula is C13H22N4OS. The summed E-state index contributed by atoms with van der Waals surface area (Å²) < 4.78 is 5.08. The molecule has 0 radical (unpaired) electrons. The van der Waals surface area contributed by atoms with Gasteiger partial charge in [0.05, 0.1) is 17.9 Å². The molecule has 106 valence electrons. The smallest absolute Gasteiger partial charge is 0.161 e. The molecule has 0 saturated carbocycles. The summed E-state index contributed by atoms with van der Waals surface area (Å²) in [5.74, 6) is 0.735. The van der Waals surface area contributed by atoms with Gasteiger partial charge < -0.3 is 15.4 Å². The maximum absolute atomic E-state index is 5.89. The van der Waals surface area contributed by atoms with Crippen LogP contribution in [-0.2, 0) is 17.6 Å². The van der Waals surface area contributed by atoms with E-state index in [9.17, 15) is 0 Å². The van der Waals surface area contributed by atoms with Crippen molar-refractivity contribution >= 4 is 23.0 Å². The third kappa shape index (κ3) is 3.61. The Kier molecular flexibility index (Phi) is 6.11. The molecule has 0 spiro atoms. The van der Waals surface area contributed by atoms with Crippen LogP contribution in [0.4, 0.5) is 5.82 Å². The van der Waals surface area contributed by atoms with Crippen LogP contribution in [-0.4, -0.2) is 42.5 Å². The Hall–Kier alpha value is -1.27. The van der Waals surface area contributed by atoms with Crippen LogP contribution in [0, 0.1) is 0 Å². The molecule has 0 unspecified atom stereocenters. The van der Waals surface area contributed by atoms with Crippen LogP contribution >= 0.6 is 12.2 Å². The molecule has 0 fully saturated rings. The second kappa shape index (κ2) is 7.35. The molecule has 1 heterocycles. The van der Waals surface area contributed by atoms with E-state index in [-0.39, 0.29) is 0 Å². The van der Waals surface area contributed by atoms with Crippen LogP contribution in [0.1, 0.15) is 30.7 Å². The normalized spacial score (nSPS) is 10.5. The van der Waals surface area contributed by atoms with Crippen molar-refractivity contribution in [1.82, 2.24) is 10.2 Å². The summed E-state index contributed by atoms with van der Waals surface area (Å²) in [4.78, 5) is 2.35. The third-order valence-corrected chi connectivity index (χ3v) is 3.27. The van der Waals surface area contributed by atoms with Gasteiger partial charge in [-0.2, -0.15) is 5.10 Å². The van der Waals surface area contributed by atoms with E-state index in [0.29, 0.717) is 11.6 Å². The highest BCUT2D eigenvalue weighted by molar-refractivity contribution is 7.80. The van der Waals surface area contributed by atoms with E-state index < -0.39 is 0 Å². The van der Waals surface area contributed by atoms with Crippen molar-refractivity contribution in [1.29, 1.82) is 0 Å².